The Morgan fingerprint density at radius 1 is 1.33 bits per heavy atom. The molecule has 0 saturated carbocycles. The van der Waals surface area contributed by atoms with Crippen molar-refractivity contribution in [2.75, 3.05) is 30.4 Å². The van der Waals surface area contributed by atoms with Crippen LogP contribution in [0.3, 0.4) is 0 Å². The fraction of sp³-hybridized carbons (Fsp3) is 0.238. The average molecular weight is 423 g/mol. The third-order valence-electron chi connectivity index (χ3n) is 4.80. The van der Waals surface area contributed by atoms with Gasteiger partial charge in [0, 0.05) is 18.1 Å². The van der Waals surface area contributed by atoms with E-state index in [-0.39, 0.29) is 18.4 Å². The third-order valence-corrected chi connectivity index (χ3v) is 5.44. The minimum atomic E-state index is -0.244. The van der Waals surface area contributed by atoms with Gasteiger partial charge in [-0.3, -0.25) is 9.59 Å². The van der Waals surface area contributed by atoms with Gasteiger partial charge < -0.3 is 20.3 Å². The Bertz CT molecular complexity index is 1050. The molecule has 0 radical (unpaired) electrons. The van der Waals surface area contributed by atoms with Gasteiger partial charge in [0.1, 0.15) is 5.75 Å². The number of ether oxygens (including phenoxy) is 1. The van der Waals surface area contributed by atoms with Gasteiger partial charge in [-0.1, -0.05) is 18.2 Å². The molecule has 1 aliphatic rings. The van der Waals surface area contributed by atoms with Crippen LogP contribution in [-0.4, -0.2) is 42.0 Å². The maximum atomic E-state index is 12.7. The van der Waals surface area contributed by atoms with Crippen LogP contribution in [0.2, 0.25) is 0 Å². The van der Waals surface area contributed by atoms with Gasteiger partial charge in [-0.05, 0) is 24.1 Å². The third kappa shape index (κ3) is 4.25. The summed E-state index contributed by atoms with van der Waals surface area (Å²) >= 11 is 1.48. The highest BCUT2D eigenvalue weighted by Gasteiger charge is 2.26. The standard InChI is InChI=1S/C21H21N5O3S/c1-29-18-5-3-2-4-14(18)6-7-22-21(28)15-8-17-20(23-9-15)24-10-19(27)26(17)11-16-12-30-13-25-16/h2-5,8-9,12-13H,6-7,10-11H2,1H3,(H,22,28)(H,23,24). The van der Waals surface area contributed by atoms with Crippen LogP contribution < -0.4 is 20.3 Å². The van der Waals surface area contributed by atoms with E-state index in [1.54, 1.807) is 23.6 Å². The van der Waals surface area contributed by atoms with E-state index in [0.717, 1.165) is 17.0 Å². The topological polar surface area (TPSA) is 96.4 Å². The van der Waals surface area contributed by atoms with Gasteiger partial charge in [-0.2, -0.15) is 0 Å². The number of methoxy groups -OCH3 is 1. The highest BCUT2D eigenvalue weighted by molar-refractivity contribution is 7.07. The largest absolute Gasteiger partial charge is 0.496 e. The molecular weight excluding hydrogens is 402 g/mol. The van der Waals surface area contributed by atoms with Gasteiger partial charge in [0.2, 0.25) is 5.91 Å². The molecule has 0 aliphatic carbocycles. The molecule has 0 bridgehead atoms. The molecule has 2 N–H and O–H groups in total. The summed E-state index contributed by atoms with van der Waals surface area (Å²) in [5.41, 5.74) is 4.53. The van der Waals surface area contributed by atoms with Crippen molar-refractivity contribution in [3.8, 4) is 5.75 Å². The Balaban J connectivity index is 1.46. The maximum absolute atomic E-state index is 12.7. The Morgan fingerprint density at radius 2 is 2.20 bits per heavy atom. The molecule has 0 spiro atoms. The predicted octanol–water partition coefficient (Wildman–Crippen LogP) is 2.48. The first kappa shape index (κ1) is 19.8. The summed E-state index contributed by atoms with van der Waals surface area (Å²) in [7, 11) is 1.63. The molecule has 0 saturated heterocycles. The Kier molecular flexibility index (Phi) is 5.89. The molecule has 2 amide bonds. The van der Waals surface area contributed by atoms with Gasteiger partial charge in [0.25, 0.3) is 5.91 Å². The number of rotatable bonds is 7. The summed E-state index contributed by atoms with van der Waals surface area (Å²) in [4.78, 5) is 35.3. The number of thiazole rings is 1. The second kappa shape index (κ2) is 8.91. The van der Waals surface area contributed by atoms with Gasteiger partial charge in [0.05, 0.1) is 42.7 Å². The smallest absolute Gasteiger partial charge is 0.252 e. The minimum Gasteiger partial charge on any atom is -0.496 e. The van der Waals surface area contributed by atoms with E-state index in [2.05, 4.69) is 20.6 Å². The number of para-hydroxylation sites is 1. The van der Waals surface area contributed by atoms with Crippen LogP contribution in [0, 0.1) is 0 Å². The maximum Gasteiger partial charge on any atom is 0.252 e. The van der Waals surface area contributed by atoms with Gasteiger partial charge >= 0.3 is 0 Å². The van der Waals surface area contributed by atoms with E-state index in [1.807, 2.05) is 29.6 Å². The Morgan fingerprint density at radius 3 is 3.00 bits per heavy atom. The van der Waals surface area contributed by atoms with Crippen LogP contribution in [0.1, 0.15) is 21.6 Å². The quantitative estimate of drug-likeness (QED) is 0.606. The van der Waals surface area contributed by atoms with Crippen LogP contribution in [0.5, 0.6) is 5.75 Å². The molecule has 0 atom stereocenters. The number of pyridine rings is 1. The van der Waals surface area contributed by atoms with Crippen molar-refractivity contribution >= 4 is 34.7 Å². The lowest BCUT2D eigenvalue weighted by atomic mass is 10.1. The lowest BCUT2D eigenvalue weighted by Crippen LogP contribution is -2.40. The molecule has 2 aromatic heterocycles. The van der Waals surface area contributed by atoms with Gasteiger partial charge in [-0.15, -0.1) is 11.3 Å². The SMILES string of the molecule is COc1ccccc1CCNC(=O)c1cnc2c(c1)N(Cc1cscn1)C(=O)CN2. The molecule has 3 aromatic rings. The summed E-state index contributed by atoms with van der Waals surface area (Å²) < 4.78 is 5.34. The second-order valence-corrected chi connectivity index (χ2v) is 7.44. The van der Waals surface area contributed by atoms with Crippen molar-refractivity contribution in [3.63, 3.8) is 0 Å². The lowest BCUT2D eigenvalue weighted by molar-refractivity contribution is -0.117. The molecule has 3 heterocycles. The number of nitrogens with zero attached hydrogens (tertiary/aromatic N) is 3. The van der Waals surface area contributed by atoms with E-state index in [0.29, 0.717) is 36.6 Å². The van der Waals surface area contributed by atoms with Gasteiger partial charge in [0.15, 0.2) is 5.82 Å². The monoisotopic (exact) mass is 423 g/mol. The zero-order chi connectivity index (χ0) is 20.9. The number of carbonyl (C=O) groups excluding carboxylic acids is 2. The van der Waals surface area contributed by atoms with Crippen LogP contribution in [0.4, 0.5) is 11.5 Å². The summed E-state index contributed by atoms with van der Waals surface area (Å²) in [5.74, 6) is 1.04. The number of aromatic nitrogens is 2. The predicted molar refractivity (Wildman–Crippen MR) is 115 cm³/mol. The van der Waals surface area contributed by atoms with Crippen LogP contribution in [-0.2, 0) is 17.8 Å². The average Bonchev–Trinajstić information content (AvgIpc) is 3.29. The fourth-order valence-corrected chi connectivity index (χ4v) is 3.83. The highest BCUT2D eigenvalue weighted by atomic mass is 32.1. The first-order valence-electron chi connectivity index (χ1n) is 9.47. The van der Waals surface area contributed by atoms with Crippen molar-refractivity contribution < 1.29 is 14.3 Å². The Hall–Kier alpha value is -3.46. The molecule has 0 unspecified atom stereocenters. The van der Waals surface area contributed by atoms with E-state index in [1.165, 1.54) is 17.5 Å². The normalized spacial score (nSPS) is 12.8. The molecule has 9 heteroatoms. The molecule has 8 nitrogen and oxygen atoms in total. The zero-order valence-electron chi connectivity index (χ0n) is 16.4. The number of nitrogens with one attached hydrogen (secondary N) is 2. The molecule has 1 aromatic carbocycles. The van der Waals surface area contributed by atoms with Crippen molar-refractivity contribution in [1.82, 2.24) is 15.3 Å². The van der Waals surface area contributed by atoms with Crippen molar-refractivity contribution in [1.29, 1.82) is 0 Å². The zero-order valence-corrected chi connectivity index (χ0v) is 17.2. The molecule has 4 rings (SSSR count). The van der Waals surface area contributed by atoms with Crippen molar-refractivity contribution in [2.24, 2.45) is 0 Å². The molecule has 30 heavy (non-hydrogen) atoms. The van der Waals surface area contributed by atoms with E-state index >= 15 is 0 Å². The van der Waals surface area contributed by atoms with Crippen molar-refractivity contribution in [3.05, 3.63) is 64.2 Å². The summed E-state index contributed by atoms with van der Waals surface area (Å²) in [6.45, 7) is 0.960. The first-order chi connectivity index (χ1) is 14.7. The second-order valence-electron chi connectivity index (χ2n) is 6.72. The van der Waals surface area contributed by atoms with Gasteiger partial charge in [-0.25, -0.2) is 9.97 Å². The van der Waals surface area contributed by atoms with E-state index in [9.17, 15) is 9.59 Å². The van der Waals surface area contributed by atoms with E-state index in [4.69, 9.17) is 4.74 Å². The first-order valence-corrected chi connectivity index (χ1v) is 10.4. The Labute approximate surface area is 177 Å². The molecular formula is C21H21N5O3S. The van der Waals surface area contributed by atoms with Crippen LogP contribution in [0.15, 0.2) is 47.4 Å². The summed E-state index contributed by atoms with van der Waals surface area (Å²) in [5, 5.41) is 7.81. The van der Waals surface area contributed by atoms with E-state index < -0.39 is 0 Å². The van der Waals surface area contributed by atoms with Crippen molar-refractivity contribution in [2.45, 2.75) is 13.0 Å². The van der Waals surface area contributed by atoms with Crippen LogP contribution >= 0.6 is 11.3 Å². The number of hydrogen-bond donors (Lipinski definition) is 2. The fourth-order valence-electron chi connectivity index (χ4n) is 3.28. The van der Waals surface area contributed by atoms with Crippen LogP contribution in [0.25, 0.3) is 0 Å². The molecule has 0 fully saturated rings. The highest BCUT2D eigenvalue weighted by Crippen LogP contribution is 2.29. The number of benzene rings is 1. The summed E-state index contributed by atoms with van der Waals surface area (Å²) in [6, 6.07) is 9.40. The molecule has 154 valence electrons. The molecule has 1 aliphatic heterocycles. The number of fused-ring (bicyclic) bond motifs is 1. The lowest BCUT2D eigenvalue weighted by Gasteiger charge is -2.29. The number of hydrogen-bond acceptors (Lipinski definition) is 7. The number of anilines is 2. The number of amides is 2. The number of carbonyl (C=O) groups is 2. The summed E-state index contributed by atoms with van der Waals surface area (Å²) in [6.07, 6.45) is 2.16. The minimum absolute atomic E-state index is 0.0916.